The van der Waals surface area contributed by atoms with Crippen molar-refractivity contribution >= 4 is 12.0 Å². The van der Waals surface area contributed by atoms with E-state index in [-0.39, 0.29) is 5.91 Å². The minimum Gasteiger partial charge on any atom is -0.343 e. The molecule has 2 saturated heterocycles. The highest BCUT2D eigenvalue weighted by molar-refractivity contribution is 5.73. The van der Waals surface area contributed by atoms with Crippen LogP contribution in [0.3, 0.4) is 0 Å². The molecule has 4 nitrogen and oxygen atoms in total. The number of benzene rings is 1. The third-order valence-electron chi connectivity index (χ3n) is 5.31. The lowest BCUT2D eigenvalue weighted by atomic mass is 10.0. The quantitative estimate of drug-likeness (QED) is 0.849. The zero-order valence-corrected chi connectivity index (χ0v) is 14.7. The second-order valence-corrected chi connectivity index (χ2v) is 6.89. The first-order valence-electron chi connectivity index (χ1n) is 9.16. The van der Waals surface area contributed by atoms with Gasteiger partial charge in [0.05, 0.1) is 0 Å². The van der Waals surface area contributed by atoms with Crippen LogP contribution in [-0.4, -0.2) is 72.5 Å². The smallest absolute Gasteiger partial charge is 0.219 e. The molecule has 24 heavy (non-hydrogen) atoms. The molecule has 0 saturated carbocycles. The van der Waals surface area contributed by atoms with E-state index in [4.69, 9.17) is 0 Å². The Hall–Kier alpha value is -1.65. The Morgan fingerprint density at radius 2 is 1.71 bits per heavy atom. The molecular formula is C20H29N3O. The largest absolute Gasteiger partial charge is 0.343 e. The van der Waals surface area contributed by atoms with Gasteiger partial charge < -0.3 is 4.90 Å². The van der Waals surface area contributed by atoms with Gasteiger partial charge in [-0.1, -0.05) is 42.5 Å². The van der Waals surface area contributed by atoms with Crippen LogP contribution in [-0.2, 0) is 4.79 Å². The van der Waals surface area contributed by atoms with Crippen molar-refractivity contribution in [3.05, 3.63) is 42.0 Å². The van der Waals surface area contributed by atoms with Gasteiger partial charge in [0.2, 0.25) is 5.91 Å². The van der Waals surface area contributed by atoms with E-state index in [9.17, 15) is 4.79 Å². The highest BCUT2D eigenvalue weighted by Gasteiger charge is 2.27. The van der Waals surface area contributed by atoms with Crippen molar-refractivity contribution in [2.45, 2.75) is 25.8 Å². The molecule has 0 bridgehead atoms. The van der Waals surface area contributed by atoms with Gasteiger partial charge in [-0.05, 0) is 18.4 Å². The van der Waals surface area contributed by atoms with Gasteiger partial charge in [0.25, 0.3) is 0 Å². The number of piperidine rings is 1. The molecule has 130 valence electrons. The summed E-state index contributed by atoms with van der Waals surface area (Å²) in [6.07, 6.45) is 6.75. The Balaban J connectivity index is 1.38. The van der Waals surface area contributed by atoms with Gasteiger partial charge in [-0.25, -0.2) is 0 Å². The fourth-order valence-corrected chi connectivity index (χ4v) is 3.76. The summed E-state index contributed by atoms with van der Waals surface area (Å²) in [6.45, 7) is 9.18. The van der Waals surface area contributed by atoms with E-state index in [1.165, 1.54) is 5.56 Å². The maximum atomic E-state index is 11.4. The van der Waals surface area contributed by atoms with Gasteiger partial charge in [0.15, 0.2) is 0 Å². The molecule has 4 heteroatoms. The van der Waals surface area contributed by atoms with Crippen LogP contribution in [0.5, 0.6) is 0 Å². The standard InChI is InChI=1S/C20H29N3O/c1-18(24)22-12-9-20(10-13-22)23-16-14-21(15-17-23)11-5-8-19-6-3-2-4-7-19/h2-8,20H,9-17H2,1H3/b8-5+. The number of hydrogen-bond acceptors (Lipinski definition) is 3. The summed E-state index contributed by atoms with van der Waals surface area (Å²) in [5, 5.41) is 0. The van der Waals surface area contributed by atoms with Crippen molar-refractivity contribution in [3.8, 4) is 0 Å². The number of carbonyl (C=O) groups is 1. The zero-order valence-electron chi connectivity index (χ0n) is 14.7. The van der Waals surface area contributed by atoms with Gasteiger partial charge in [-0.3, -0.25) is 14.6 Å². The monoisotopic (exact) mass is 327 g/mol. The minimum absolute atomic E-state index is 0.225. The topological polar surface area (TPSA) is 26.8 Å². The second-order valence-electron chi connectivity index (χ2n) is 6.89. The van der Waals surface area contributed by atoms with Crippen LogP contribution in [0.15, 0.2) is 36.4 Å². The van der Waals surface area contributed by atoms with Crippen molar-refractivity contribution in [1.82, 2.24) is 14.7 Å². The van der Waals surface area contributed by atoms with E-state index >= 15 is 0 Å². The molecule has 1 aromatic carbocycles. The van der Waals surface area contributed by atoms with Gasteiger partial charge in [0.1, 0.15) is 0 Å². The van der Waals surface area contributed by atoms with Gasteiger partial charge in [-0.2, -0.15) is 0 Å². The van der Waals surface area contributed by atoms with Crippen LogP contribution in [0, 0.1) is 0 Å². The van der Waals surface area contributed by atoms with Crippen LogP contribution in [0.25, 0.3) is 6.08 Å². The van der Waals surface area contributed by atoms with Crippen molar-refractivity contribution in [3.63, 3.8) is 0 Å². The molecule has 1 amide bonds. The van der Waals surface area contributed by atoms with E-state index < -0.39 is 0 Å². The summed E-state index contributed by atoms with van der Waals surface area (Å²) in [5.74, 6) is 0.225. The lowest BCUT2D eigenvalue weighted by Gasteiger charge is -2.42. The molecule has 1 aromatic rings. The summed E-state index contributed by atoms with van der Waals surface area (Å²) in [5.41, 5.74) is 1.27. The summed E-state index contributed by atoms with van der Waals surface area (Å²) < 4.78 is 0. The Kier molecular flexibility index (Phi) is 6.05. The lowest BCUT2D eigenvalue weighted by Crippen LogP contribution is -2.53. The molecule has 0 spiro atoms. The minimum atomic E-state index is 0.225. The fraction of sp³-hybridized carbons (Fsp3) is 0.550. The normalized spacial score (nSPS) is 21.5. The average Bonchev–Trinajstić information content (AvgIpc) is 2.63. The van der Waals surface area contributed by atoms with E-state index in [0.29, 0.717) is 6.04 Å². The number of amides is 1. The molecule has 3 rings (SSSR count). The molecule has 0 radical (unpaired) electrons. The van der Waals surface area contributed by atoms with E-state index in [1.807, 2.05) is 4.90 Å². The first kappa shape index (κ1) is 17.2. The number of carbonyl (C=O) groups excluding carboxylic acids is 1. The summed E-state index contributed by atoms with van der Waals surface area (Å²) in [4.78, 5) is 18.6. The molecule has 0 aliphatic carbocycles. The summed E-state index contributed by atoms with van der Waals surface area (Å²) in [6, 6.07) is 11.2. The third-order valence-corrected chi connectivity index (χ3v) is 5.31. The summed E-state index contributed by atoms with van der Waals surface area (Å²) in [7, 11) is 0. The van der Waals surface area contributed by atoms with Crippen molar-refractivity contribution < 1.29 is 4.79 Å². The van der Waals surface area contributed by atoms with E-state index in [0.717, 1.165) is 58.7 Å². The second kappa shape index (κ2) is 8.45. The molecule has 2 aliphatic heterocycles. The first-order valence-corrected chi connectivity index (χ1v) is 9.16. The zero-order chi connectivity index (χ0) is 16.8. The predicted octanol–water partition coefficient (Wildman–Crippen LogP) is 2.33. The Labute approximate surface area is 145 Å². The van der Waals surface area contributed by atoms with Crippen LogP contribution in [0.1, 0.15) is 25.3 Å². The molecule has 2 aliphatic rings. The van der Waals surface area contributed by atoms with Crippen LogP contribution >= 0.6 is 0 Å². The van der Waals surface area contributed by atoms with Crippen molar-refractivity contribution in [2.75, 3.05) is 45.8 Å². The molecule has 2 heterocycles. The average molecular weight is 327 g/mol. The molecule has 0 atom stereocenters. The molecule has 0 unspecified atom stereocenters. The SMILES string of the molecule is CC(=O)N1CCC(N2CCN(C/C=C/c3ccccc3)CC2)CC1. The first-order chi connectivity index (χ1) is 11.7. The highest BCUT2D eigenvalue weighted by atomic mass is 16.2. The predicted molar refractivity (Wildman–Crippen MR) is 98.8 cm³/mol. The van der Waals surface area contributed by atoms with Crippen LogP contribution in [0.2, 0.25) is 0 Å². The van der Waals surface area contributed by atoms with E-state index in [2.05, 4.69) is 52.3 Å². The van der Waals surface area contributed by atoms with Gasteiger partial charge in [0, 0.05) is 58.8 Å². The Morgan fingerprint density at radius 1 is 1.04 bits per heavy atom. The van der Waals surface area contributed by atoms with Crippen molar-refractivity contribution in [1.29, 1.82) is 0 Å². The lowest BCUT2D eigenvalue weighted by molar-refractivity contribution is -0.130. The number of rotatable bonds is 4. The highest BCUT2D eigenvalue weighted by Crippen LogP contribution is 2.18. The number of piperazine rings is 1. The molecule has 0 aromatic heterocycles. The van der Waals surface area contributed by atoms with Gasteiger partial charge >= 0.3 is 0 Å². The van der Waals surface area contributed by atoms with Crippen molar-refractivity contribution in [2.24, 2.45) is 0 Å². The number of likely N-dealkylation sites (tertiary alicyclic amines) is 1. The fourth-order valence-electron chi connectivity index (χ4n) is 3.76. The van der Waals surface area contributed by atoms with Crippen LogP contribution < -0.4 is 0 Å². The number of hydrogen-bond donors (Lipinski definition) is 0. The number of nitrogens with zero attached hydrogens (tertiary/aromatic N) is 3. The summed E-state index contributed by atoms with van der Waals surface area (Å²) >= 11 is 0. The molecular weight excluding hydrogens is 298 g/mol. The molecule has 2 fully saturated rings. The Bertz CT molecular complexity index is 541. The van der Waals surface area contributed by atoms with E-state index in [1.54, 1.807) is 6.92 Å². The maximum Gasteiger partial charge on any atom is 0.219 e. The maximum absolute atomic E-state index is 11.4. The third kappa shape index (κ3) is 4.68. The van der Waals surface area contributed by atoms with Gasteiger partial charge in [-0.15, -0.1) is 0 Å². The molecule has 0 N–H and O–H groups in total. The Morgan fingerprint density at radius 3 is 2.33 bits per heavy atom. The van der Waals surface area contributed by atoms with Crippen LogP contribution in [0.4, 0.5) is 0 Å².